The maximum atomic E-state index is 12.9. The summed E-state index contributed by atoms with van der Waals surface area (Å²) in [5.41, 5.74) is 3.59. The van der Waals surface area contributed by atoms with Crippen molar-refractivity contribution in [3.63, 3.8) is 0 Å². The first kappa shape index (κ1) is 13.1. The van der Waals surface area contributed by atoms with E-state index in [1.807, 2.05) is 18.2 Å². The van der Waals surface area contributed by atoms with Gasteiger partial charge in [-0.2, -0.15) is 0 Å². The summed E-state index contributed by atoms with van der Waals surface area (Å²) in [5, 5.41) is 3.25. The molecule has 5 nitrogen and oxygen atoms in total. The number of fused-ring (bicyclic) bond motifs is 2. The number of nitrogens with one attached hydrogen (secondary N) is 1. The Bertz CT molecular complexity index is 969. The van der Waals surface area contributed by atoms with E-state index in [1.165, 1.54) is 6.33 Å². The van der Waals surface area contributed by atoms with Crippen LogP contribution in [0.1, 0.15) is 15.9 Å². The molecule has 0 spiro atoms. The van der Waals surface area contributed by atoms with Gasteiger partial charge < -0.3 is 5.32 Å². The molecule has 6 heteroatoms. The first-order valence-corrected chi connectivity index (χ1v) is 7.33. The summed E-state index contributed by atoms with van der Waals surface area (Å²) in [6.07, 6.45) is 2.03. The number of nitrogens with zero attached hydrogens (tertiary/aromatic N) is 2. The van der Waals surface area contributed by atoms with Crippen LogP contribution in [0.4, 0.5) is 5.69 Å². The summed E-state index contributed by atoms with van der Waals surface area (Å²) in [5.74, 6) is -0.139. The summed E-state index contributed by atoms with van der Waals surface area (Å²) in [7, 11) is 0. The van der Waals surface area contributed by atoms with Crippen LogP contribution in [0.5, 0.6) is 0 Å². The van der Waals surface area contributed by atoms with Crippen LogP contribution in [0.25, 0.3) is 22.2 Å². The van der Waals surface area contributed by atoms with Gasteiger partial charge in [-0.3, -0.25) is 9.59 Å². The molecule has 0 saturated heterocycles. The highest BCUT2D eigenvalue weighted by Crippen LogP contribution is 2.42. The van der Waals surface area contributed by atoms with Gasteiger partial charge in [-0.1, -0.05) is 24.3 Å². The van der Waals surface area contributed by atoms with E-state index in [2.05, 4.69) is 31.2 Å². The van der Waals surface area contributed by atoms with E-state index in [0.29, 0.717) is 44.3 Å². The highest BCUT2D eigenvalue weighted by atomic mass is 79.9. The lowest BCUT2D eigenvalue weighted by Gasteiger charge is -2.21. The van der Waals surface area contributed by atoms with Crippen LogP contribution in [0.3, 0.4) is 0 Å². The molecular weight excluding hydrogens is 346 g/mol. The fourth-order valence-corrected chi connectivity index (χ4v) is 3.37. The third-order valence-electron chi connectivity index (χ3n) is 3.73. The number of rotatable bonds is 2. The summed E-state index contributed by atoms with van der Waals surface area (Å²) in [6, 6.07) is 9.00. The third kappa shape index (κ3) is 1.64. The summed E-state index contributed by atoms with van der Waals surface area (Å²) in [4.78, 5) is 32.4. The van der Waals surface area contributed by atoms with Crippen molar-refractivity contribution in [3.8, 4) is 11.3 Å². The van der Waals surface area contributed by atoms with Crippen molar-refractivity contribution in [2.45, 2.75) is 0 Å². The van der Waals surface area contributed by atoms with Crippen LogP contribution >= 0.6 is 15.9 Å². The van der Waals surface area contributed by atoms with Crippen LogP contribution in [-0.2, 0) is 4.79 Å². The van der Waals surface area contributed by atoms with Crippen molar-refractivity contribution in [2.24, 2.45) is 0 Å². The van der Waals surface area contributed by atoms with Gasteiger partial charge in [0.2, 0.25) is 6.41 Å². The van der Waals surface area contributed by atoms with Crippen LogP contribution in [0.2, 0.25) is 0 Å². The highest BCUT2D eigenvalue weighted by molar-refractivity contribution is 9.10. The van der Waals surface area contributed by atoms with Gasteiger partial charge in [0.1, 0.15) is 6.33 Å². The molecule has 0 fully saturated rings. The normalized spacial score (nSPS) is 12.1. The predicted molar refractivity (Wildman–Crippen MR) is 85.8 cm³/mol. The summed E-state index contributed by atoms with van der Waals surface area (Å²) < 4.78 is 0.700. The minimum atomic E-state index is -0.139. The van der Waals surface area contributed by atoms with Crippen molar-refractivity contribution < 1.29 is 9.59 Å². The Morgan fingerprint density at radius 2 is 1.91 bits per heavy atom. The minimum Gasteiger partial charge on any atom is -0.328 e. The van der Waals surface area contributed by atoms with E-state index in [1.54, 1.807) is 12.1 Å². The Balaban J connectivity index is 2.24. The molecule has 1 N–H and O–H groups in total. The Morgan fingerprint density at radius 3 is 2.68 bits per heavy atom. The van der Waals surface area contributed by atoms with Gasteiger partial charge in [0.25, 0.3) is 0 Å². The van der Waals surface area contributed by atoms with Crippen molar-refractivity contribution in [3.05, 3.63) is 52.3 Å². The number of anilines is 1. The van der Waals surface area contributed by atoms with E-state index >= 15 is 0 Å². The van der Waals surface area contributed by atoms with Crippen molar-refractivity contribution in [2.75, 3.05) is 5.32 Å². The van der Waals surface area contributed by atoms with Crippen molar-refractivity contribution in [1.29, 1.82) is 0 Å². The monoisotopic (exact) mass is 353 g/mol. The molecule has 0 bridgehead atoms. The topological polar surface area (TPSA) is 72.0 Å². The molecule has 1 aliphatic rings. The van der Waals surface area contributed by atoms with Gasteiger partial charge in [-0.25, -0.2) is 9.97 Å². The molecule has 1 amide bonds. The maximum Gasteiger partial charge on any atom is 0.211 e. The SMILES string of the molecule is O=CNc1cc(Br)c2ncnc3c2c1C(=O)c1ccccc1-3. The van der Waals surface area contributed by atoms with E-state index < -0.39 is 0 Å². The molecule has 3 aromatic rings. The quantitative estimate of drug-likeness (QED) is 0.562. The minimum absolute atomic E-state index is 0.139. The number of carbonyl (C=O) groups is 2. The molecule has 2 aromatic carbocycles. The second kappa shape index (κ2) is 4.71. The largest absolute Gasteiger partial charge is 0.328 e. The molecule has 0 atom stereocenters. The average Bonchev–Trinajstić information content (AvgIpc) is 2.54. The smallest absolute Gasteiger partial charge is 0.211 e. The second-order valence-electron chi connectivity index (χ2n) is 4.86. The molecule has 0 aliphatic heterocycles. The van der Waals surface area contributed by atoms with Crippen LogP contribution < -0.4 is 5.32 Å². The zero-order chi connectivity index (χ0) is 15.3. The number of carbonyl (C=O) groups excluding carboxylic acids is 2. The predicted octanol–water partition coefficient (Wildman–Crippen LogP) is 3.17. The number of hydrogen-bond donors (Lipinski definition) is 1. The Hall–Kier alpha value is -2.60. The van der Waals surface area contributed by atoms with Gasteiger partial charge in [0.05, 0.1) is 22.5 Å². The van der Waals surface area contributed by atoms with Gasteiger partial charge in [-0.15, -0.1) is 0 Å². The van der Waals surface area contributed by atoms with E-state index in [0.717, 1.165) is 5.56 Å². The zero-order valence-corrected chi connectivity index (χ0v) is 12.7. The van der Waals surface area contributed by atoms with Gasteiger partial charge in [0, 0.05) is 21.0 Å². The second-order valence-corrected chi connectivity index (χ2v) is 5.72. The molecule has 22 heavy (non-hydrogen) atoms. The molecule has 0 saturated carbocycles. The zero-order valence-electron chi connectivity index (χ0n) is 11.1. The standard InChI is InChI=1S/C16H8BrN3O2/c17-10-5-11(20-7-21)12-13-14(18-6-19-15(10)13)8-3-1-2-4-9(8)16(12)22/h1-7H,(H,20,21). The molecule has 0 unspecified atom stereocenters. The highest BCUT2D eigenvalue weighted by Gasteiger charge is 2.29. The molecule has 1 heterocycles. The third-order valence-corrected chi connectivity index (χ3v) is 4.34. The lowest BCUT2D eigenvalue weighted by molar-refractivity contribution is -0.105. The van der Waals surface area contributed by atoms with E-state index in [9.17, 15) is 9.59 Å². The average molecular weight is 354 g/mol. The molecule has 1 aliphatic carbocycles. The lowest BCUT2D eigenvalue weighted by Crippen LogP contribution is -2.14. The van der Waals surface area contributed by atoms with E-state index in [-0.39, 0.29) is 5.78 Å². The fourth-order valence-electron chi connectivity index (χ4n) is 2.85. The summed E-state index contributed by atoms with van der Waals surface area (Å²) >= 11 is 3.44. The number of benzene rings is 2. The number of halogens is 1. The van der Waals surface area contributed by atoms with Gasteiger partial charge in [0.15, 0.2) is 5.78 Å². The van der Waals surface area contributed by atoms with E-state index in [4.69, 9.17) is 0 Å². The number of ketones is 1. The first-order chi connectivity index (χ1) is 10.7. The Labute approximate surface area is 133 Å². The van der Waals surface area contributed by atoms with Crippen LogP contribution in [-0.4, -0.2) is 22.2 Å². The van der Waals surface area contributed by atoms with Crippen molar-refractivity contribution >= 4 is 44.7 Å². The molecule has 106 valence electrons. The Morgan fingerprint density at radius 1 is 1.14 bits per heavy atom. The van der Waals surface area contributed by atoms with Gasteiger partial charge in [-0.05, 0) is 22.0 Å². The fraction of sp³-hybridized carbons (Fsp3) is 0. The lowest BCUT2D eigenvalue weighted by atomic mass is 9.86. The van der Waals surface area contributed by atoms with Crippen molar-refractivity contribution in [1.82, 2.24) is 9.97 Å². The molecular formula is C16H8BrN3O2. The number of amides is 1. The molecule has 0 radical (unpaired) electrons. The molecule has 1 aromatic heterocycles. The number of hydrogen-bond acceptors (Lipinski definition) is 4. The first-order valence-electron chi connectivity index (χ1n) is 6.54. The van der Waals surface area contributed by atoms with Crippen LogP contribution in [0.15, 0.2) is 41.1 Å². The van der Waals surface area contributed by atoms with Crippen LogP contribution in [0, 0.1) is 0 Å². The molecule has 4 rings (SSSR count). The van der Waals surface area contributed by atoms with Gasteiger partial charge >= 0.3 is 0 Å². The summed E-state index contributed by atoms with van der Waals surface area (Å²) in [6.45, 7) is 0. The Kier molecular flexibility index (Phi) is 2.80. The number of aromatic nitrogens is 2. The maximum absolute atomic E-state index is 12.9.